The molecule has 0 aliphatic heterocycles. The summed E-state index contributed by atoms with van der Waals surface area (Å²) in [6, 6.07) is 9.76. The van der Waals surface area contributed by atoms with Crippen molar-refractivity contribution in [3.63, 3.8) is 0 Å². The predicted molar refractivity (Wildman–Crippen MR) is 125 cm³/mol. The van der Waals surface area contributed by atoms with E-state index in [1.54, 1.807) is 0 Å². The zero-order valence-corrected chi connectivity index (χ0v) is 19.2. The monoisotopic (exact) mass is 494 g/mol. The van der Waals surface area contributed by atoms with Crippen LogP contribution in [0.15, 0.2) is 68.6 Å². The third-order valence-electron chi connectivity index (χ3n) is 3.81. The Hall–Kier alpha value is -3.54. The highest BCUT2D eigenvalue weighted by atomic mass is 32.2. The van der Waals surface area contributed by atoms with Crippen LogP contribution in [0.5, 0.6) is 5.75 Å². The molecule has 0 spiro atoms. The first-order valence-corrected chi connectivity index (χ1v) is 11.7. The lowest BCUT2D eigenvalue weighted by atomic mass is 10.1. The van der Waals surface area contributed by atoms with E-state index in [9.17, 15) is 26.5 Å². The maximum atomic E-state index is 11.7. The van der Waals surface area contributed by atoms with Gasteiger partial charge in [-0.25, -0.2) is 0 Å². The quantitative estimate of drug-likeness (QED) is 0.157. The maximum Gasteiger partial charge on any atom is 0.295 e. The summed E-state index contributed by atoms with van der Waals surface area (Å²) >= 11 is 0. The lowest BCUT2D eigenvalue weighted by Crippen LogP contribution is -2.01. The molecule has 0 unspecified atom stereocenters. The number of phenols is 1. The number of azo groups is 1. The van der Waals surface area contributed by atoms with Crippen LogP contribution in [-0.4, -0.2) is 45.1 Å². The van der Waals surface area contributed by atoms with Gasteiger partial charge >= 0.3 is 0 Å². The van der Waals surface area contributed by atoms with Gasteiger partial charge in [0.25, 0.3) is 20.2 Å². The number of phenolic OH excluding ortho intramolecular Hbond substituents is 1. The third-order valence-corrected chi connectivity index (χ3v) is 5.57. The normalized spacial score (nSPS) is 11.3. The van der Waals surface area contributed by atoms with E-state index < -0.39 is 25.1 Å². The fourth-order valence-corrected chi connectivity index (χ4v) is 3.72. The molecule has 11 nitrogen and oxygen atoms in total. The van der Waals surface area contributed by atoms with Crippen LogP contribution in [0.3, 0.4) is 0 Å². The van der Waals surface area contributed by atoms with Crippen molar-refractivity contribution >= 4 is 48.1 Å². The van der Waals surface area contributed by atoms with Gasteiger partial charge in [0.1, 0.15) is 16.3 Å². The third kappa shape index (κ3) is 6.97. The molecule has 0 radical (unpaired) electrons. The molecule has 0 amide bonds. The molecule has 0 bridgehead atoms. The number of aromatic hydroxyl groups is 1. The van der Waals surface area contributed by atoms with Crippen molar-refractivity contribution in [1.29, 1.82) is 0 Å². The molecule has 0 saturated carbocycles. The molecule has 33 heavy (non-hydrogen) atoms. The van der Waals surface area contributed by atoms with Gasteiger partial charge < -0.3 is 16.2 Å². The van der Waals surface area contributed by atoms with E-state index in [-0.39, 0.29) is 38.5 Å². The fraction of sp³-hybridized carbons (Fsp3) is 0.100. The minimum atomic E-state index is -4.65. The molecule has 3 aromatic rings. The van der Waals surface area contributed by atoms with Crippen LogP contribution in [-0.2, 0) is 20.2 Å². The Kier molecular flexibility index (Phi) is 9.47. The number of benzene rings is 3. The molecule has 3 aromatic carbocycles. The van der Waals surface area contributed by atoms with Gasteiger partial charge in [0, 0.05) is 5.39 Å². The summed E-state index contributed by atoms with van der Waals surface area (Å²) in [5.74, 6) is -0.311. The average molecular weight is 495 g/mol. The van der Waals surface area contributed by atoms with Gasteiger partial charge in [0.05, 0.1) is 21.7 Å². The highest BCUT2D eigenvalue weighted by molar-refractivity contribution is 7.86. The molecule has 0 saturated heterocycles. The van der Waals surface area contributed by atoms with E-state index in [0.29, 0.717) is 0 Å². The van der Waals surface area contributed by atoms with Crippen LogP contribution in [0.25, 0.3) is 10.8 Å². The Morgan fingerprint density at radius 1 is 0.909 bits per heavy atom. The summed E-state index contributed by atoms with van der Waals surface area (Å²) in [7, 11) is -5.26. The number of nitrogens with two attached hydrogens (primary N) is 1. The van der Waals surface area contributed by atoms with Gasteiger partial charge in [0.15, 0.2) is 0 Å². The number of terminal acetylenes is 1. The van der Waals surface area contributed by atoms with Crippen molar-refractivity contribution in [3.8, 4) is 18.6 Å². The zero-order valence-electron chi connectivity index (χ0n) is 17.5. The number of hydrogen-bond donors (Lipinski definition) is 5. The number of anilines is 1. The van der Waals surface area contributed by atoms with Gasteiger partial charge in [-0.1, -0.05) is 12.1 Å². The highest BCUT2D eigenvalue weighted by Gasteiger charge is 2.20. The van der Waals surface area contributed by atoms with Crippen molar-refractivity contribution in [2.75, 3.05) is 19.8 Å². The summed E-state index contributed by atoms with van der Waals surface area (Å²) in [5.41, 5.74) is 5.94. The Balaban J connectivity index is 0.00000101. The largest absolute Gasteiger partial charge is 0.507 e. The molecule has 0 aliphatic rings. The average Bonchev–Trinajstić information content (AvgIpc) is 2.74. The minimum absolute atomic E-state index is 0.0106. The van der Waals surface area contributed by atoms with E-state index in [4.69, 9.17) is 10.3 Å². The van der Waals surface area contributed by atoms with Crippen LogP contribution < -0.4 is 11.1 Å². The minimum Gasteiger partial charge on any atom is -0.507 e. The molecule has 0 aromatic heterocycles. The summed E-state index contributed by atoms with van der Waals surface area (Å²) < 4.78 is 63.9. The van der Waals surface area contributed by atoms with Crippen LogP contribution in [0.4, 0.5) is 17.1 Å². The number of fused-ring (bicyclic) bond motifs is 1. The molecule has 6 N–H and O–H groups in total. The summed E-state index contributed by atoms with van der Waals surface area (Å²) in [6.45, 7) is 0. The van der Waals surface area contributed by atoms with Crippen LogP contribution in [0.1, 0.15) is 0 Å². The van der Waals surface area contributed by atoms with Crippen molar-refractivity contribution < 1.29 is 31.0 Å². The number of nitrogens with one attached hydrogen (secondary N) is 1. The van der Waals surface area contributed by atoms with E-state index in [1.807, 2.05) is 14.1 Å². The molecular formula is C20H22N4O7S2. The second-order valence-corrected chi connectivity index (χ2v) is 8.96. The van der Waals surface area contributed by atoms with Gasteiger partial charge in [-0.2, -0.15) is 21.9 Å². The molecule has 3 rings (SSSR count). The van der Waals surface area contributed by atoms with Gasteiger partial charge in [-0.05, 0) is 50.5 Å². The van der Waals surface area contributed by atoms with Crippen LogP contribution in [0.2, 0.25) is 0 Å². The van der Waals surface area contributed by atoms with Gasteiger partial charge in [-0.3, -0.25) is 9.11 Å². The number of nitrogen functional groups attached to an aromatic ring is 1. The predicted octanol–water partition coefficient (Wildman–Crippen LogP) is 3.12. The summed E-state index contributed by atoms with van der Waals surface area (Å²) in [5, 5.41) is 20.5. The Morgan fingerprint density at radius 2 is 1.45 bits per heavy atom. The molecule has 0 aliphatic carbocycles. The van der Waals surface area contributed by atoms with Crippen molar-refractivity contribution in [3.05, 3.63) is 48.5 Å². The lowest BCUT2D eigenvalue weighted by Gasteiger charge is -2.10. The lowest BCUT2D eigenvalue weighted by molar-refractivity contribution is 0.480. The Labute approximate surface area is 191 Å². The Morgan fingerprint density at radius 3 is 1.94 bits per heavy atom. The topological polar surface area (TPSA) is 192 Å². The van der Waals surface area contributed by atoms with Gasteiger partial charge in [-0.15, -0.1) is 18.0 Å². The summed E-state index contributed by atoms with van der Waals surface area (Å²) in [4.78, 5) is -0.849. The van der Waals surface area contributed by atoms with Crippen molar-refractivity contribution in [2.45, 2.75) is 9.79 Å². The Bertz CT molecular complexity index is 1380. The van der Waals surface area contributed by atoms with E-state index in [2.05, 4.69) is 28.4 Å². The number of rotatable bonds is 4. The van der Waals surface area contributed by atoms with Crippen molar-refractivity contribution in [1.82, 2.24) is 5.32 Å². The van der Waals surface area contributed by atoms with Crippen LogP contribution in [0, 0.1) is 12.8 Å². The molecule has 0 heterocycles. The number of nitrogens with zero attached hydrogens (tertiary/aromatic N) is 2. The molecule has 0 fully saturated rings. The number of hydrogen-bond acceptors (Lipinski definition) is 9. The first-order chi connectivity index (χ1) is 15.4. The molecular weight excluding hydrogens is 472 g/mol. The van der Waals surface area contributed by atoms with E-state index in [0.717, 1.165) is 18.2 Å². The molecule has 0 atom stereocenters. The second kappa shape index (κ2) is 11.4. The smallest absolute Gasteiger partial charge is 0.295 e. The zero-order chi connectivity index (χ0) is 25.4. The fourth-order valence-electron chi connectivity index (χ4n) is 2.53. The van der Waals surface area contributed by atoms with Gasteiger partial charge in [0.2, 0.25) is 0 Å². The first kappa shape index (κ1) is 27.5. The SMILES string of the molecule is C#C.CNC.Nc1c(N=Nc2ccc(S(=O)(=O)O)cc2)cc(S(=O)(=O)O)c2cccc(O)c12. The summed E-state index contributed by atoms with van der Waals surface area (Å²) in [6.07, 6.45) is 8.00. The van der Waals surface area contributed by atoms with E-state index >= 15 is 0 Å². The molecule has 13 heteroatoms. The van der Waals surface area contributed by atoms with E-state index in [1.165, 1.54) is 30.3 Å². The van der Waals surface area contributed by atoms with Crippen LogP contribution >= 0.6 is 0 Å². The van der Waals surface area contributed by atoms with Crippen molar-refractivity contribution in [2.24, 2.45) is 10.2 Å². The first-order valence-electron chi connectivity index (χ1n) is 8.83. The standard InChI is InChI=1S/C16H13N3O7S2.C2H7N.C2H2/c17-16-12(19-18-9-4-6-10(7-5-9)27(21,22)23)8-14(28(24,25)26)11-2-1-3-13(20)15(11)16;1-3-2;1-2/h1-8,20H,17H2,(H,21,22,23)(H,24,25,26);3H,1-2H3;1-2H. The highest BCUT2D eigenvalue weighted by Crippen LogP contribution is 2.40. The second-order valence-electron chi connectivity index (χ2n) is 6.15. The molecule has 176 valence electrons. The maximum absolute atomic E-state index is 11.7.